The molecule has 0 aliphatic carbocycles. The molecule has 0 bridgehead atoms. The van der Waals surface area contributed by atoms with Gasteiger partial charge in [0.25, 0.3) is 0 Å². The summed E-state index contributed by atoms with van der Waals surface area (Å²) in [6.07, 6.45) is 1.30. The van der Waals surface area contributed by atoms with E-state index in [1.54, 1.807) is 19.1 Å². The molecule has 2 aliphatic rings. The molecule has 27 heavy (non-hydrogen) atoms. The fraction of sp³-hybridized carbons (Fsp3) is 0.409. The molecule has 4 nitrogen and oxygen atoms in total. The highest BCUT2D eigenvalue weighted by Crippen LogP contribution is 2.51. The number of benzene rings is 2. The zero-order valence-corrected chi connectivity index (χ0v) is 16.2. The molecule has 2 aromatic rings. The van der Waals surface area contributed by atoms with Crippen LogP contribution in [-0.2, 0) is 5.41 Å². The first-order chi connectivity index (χ1) is 13.0. The number of β-amino-alcohol motifs (C(OH)–C–C–N with tert-alkyl or cyclic N) is 1. The number of hydrogen-bond donors (Lipinski definition) is 2. The SMILES string of the molecule is CC(O)CN1c2ccccc2C2(CCNCC2)C1C(=O)c1ccc(Cl)cc1. The molecule has 2 unspecified atom stereocenters. The molecule has 2 N–H and O–H groups in total. The Morgan fingerprint density at radius 2 is 1.89 bits per heavy atom. The number of nitrogens with zero attached hydrogens (tertiary/aromatic N) is 1. The molecule has 5 heteroatoms. The Hall–Kier alpha value is -1.88. The van der Waals surface area contributed by atoms with Gasteiger partial charge in [-0.05, 0) is 68.8 Å². The average Bonchev–Trinajstić information content (AvgIpc) is 2.92. The number of hydrogen-bond acceptors (Lipinski definition) is 4. The number of rotatable bonds is 4. The van der Waals surface area contributed by atoms with E-state index < -0.39 is 6.10 Å². The van der Waals surface area contributed by atoms with Crippen LogP contribution in [0.2, 0.25) is 5.02 Å². The van der Waals surface area contributed by atoms with E-state index in [0.29, 0.717) is 17.1 Å². The van der Waals surface area contributed by atoms with Crippen LogP contribution in [0.1, 0.15) is 35.7 Å². The van der Waals surface area contributed by atoms with Gasteiger partial charge >= 0.3 is 0 Å². The first-order valence-corrected chi connectivity index (χ1v) is 9.95. The van der Waals surface area contributed by atoms with E-state index in [1.165, 1.54) is 5.56 Å². The summed E-state index contributed by atoms with van der Waals surface area (Å²) in [4.78, 5) is 15.8. The number of carbonyl (C=O) groups is 1. The summed E-state index contributed by atoms with van der Waals surface area (Å²) in [6, 6.07) is 15.1. The topological polar surface area (TPSA) is 52.6 Å². The predicted molar refractivity (Wildman–Crippen MR) is 109 cm³/mol. The first kappa shape index (κ1) is 18.5. The number of aliphatic hydroxyl groups is 1. The largest absolute Gasteiger partial charge is 0.392 e. The number of carbonyl (C=O) groups excluding carboxylic acids is 1. The van der Waals surface area contributed by atoms with Crippen LogP contribution in [0.3, 0.4) is 0 Å². The maximum Gasteiger partial charge on any atom is 0.186 e. The van der Waals surface area contributed by atoms with Crippen LogP contribution in [0.4, 0.5) is 5.69 Å². The number of nitrogens with one attached hydrogen (secondary N) is 1. The van der Waals surface area contributed by atoms with E-state index in [0.717, 1.165) is 31.6 Å². The fourth-order valence-corrected chi connectivity index (χ4v) is 4.92. The summed E-state index contributed by atoms with van der Waals surface area (Å²) in [5.41, 5.74) is 2.76. The van der Waals surface area contributed by atoms with Crippen LogP contribution < -0.4 is 10.2 Å². The Kier molecular flexibility index (Phi) is 4.97. The Morgan fingerprint density at radius 1 is 1.22 bits per heavy atom. The van der Waals surface area contributed by atoms with Crippen molar-refractivity contribution in [3.63, 3.8) is 0 Å². The number of para-hydroxylation sites is 1. The van der Waals surface area contributed by atoms with E-state index in [2.05, 4.69) is 28.4 Å². The molecule has 2 aromatic carbocycles. The Bertz CT molecular complexity index is 828. The van der Waals surface area contributed by atoms with Crippen molar-refractivity contribution in [1.29, 1.82) is 0 Å². The third-order valence-electron chi connectivity index (χ3n) is 5.92. The smallest absolute Gasteiger partial charge is 0.186 e. The Balaban J connectivity index is 1.84. The number of Topliss-reactive ketones (excluding diaryl/α,β-unsaturated/α-hetero) is 1. The summed E-state index contributed by atoms with van der Waals surface area (Å²) < 4.78 is 0. The van der Waals surface area contributed by atoms with Gasteiger partial charge in [0.05, 0.1) is 6.10 Å². The van der Waals surface area contributed by atoms with Gasteiger partial charge in [0.1, 0.15) is 6.04 Å². The number of halogens is 1. The second kappa shape index (κ2) is 7.27. The molecule has 1 saturated heterocycles. The Labute approximate surface area is 165 Å². The highest BCUT2D eigenvalue weighted by atomic mass is 35.5. The summed E-state index contributed by atoms with van der Waals surface area (Å²) in [5, 5.41) is 14.2. The van der Waals surface area contributed by atoms with Gasteiger partial charge in [0.2, 0.25) is 0 Å². The summed E-state index contributed by atoms with van der Waals surface area (Å²) >= 11 is 6.03. The minimum atomic E-state index is -0.518. The van der Waals surface area contributed by atoms with Crippen LogP contribution in [0.5, 0.6) is 0 Å². The standard InChI is InChI=1S/C22H25ClN2O2/c1-15(26)14-25-19-5-3-2-4-18(19)22(10-12-24-13-11-22)21(25)20(27)16-6-8-17(23)9-7-16/h2-9,15,21,24,26H,10-14H2,1H3. The van der Waals surface area contributed by atoms with Crippen molar-refractivity contribution in [1.82, 2.24) is 5.32 Å². The highest BCUT2D eigenvalue weighted by Gasteiger charge is 2.54. The van der Waals surface area contributed by atoms with Gasteiger partial charge in [-0.3, -0.25) is 4.79 Å². The molecule has 0 aromatic heterocycles. The molecule has 1 fully saturated rings. The van der Waals surface area contributed by atoms with E-state index in [-0.39, 0.29) is 17.2 Å². The predicted octanol–water partition coefficient (Wildman–Crippen LogP) is 3.41. The molecular weight excluding hydrogens is 360 g/mol. The molecule has 0 amide bonds. The van der Waals surface area contributed by atoms with Crippen LogP contribution >= 0.6 is 11.6 Å². The monoisotopic (exact) mass is 384 g/mol. The fourth-order valence-electron chi connectivity index (χ4n) is 4.80. The van der Waals surface area contributed by atoms with Crippen molar-refractivity contribution in [2.24, 2.45) is 0 Å². The quantitative estimate of drug-likeness (QED) is 0.793. The van der Waals surface area contributed by atoms with Crippen molar-refractivity contribution in [3.8, 4) is 0 Å². The maximum atomic E-state index is 13.7. The number of piperidine rings is 1. The third kappa shape index (κ3) is 3.16. The van der Waals surface area contributed by atoms with Crippen LogP contribution in [0.25, 0.3) is 0 Å². The summed E-state index contributed by atoms with van der Waals surface area (Å²) in [6.45, 7) is 4.00. The number of anilines is 1. The second-order valence-electron chi connectivity index (χ2n) is 7.70. The number of aliphatic hydroxyl groups excluding tert-OH is 1. The summed E-state index contributed by atoms with van der Waals surface area (Å²) in [5.74, 6) is 0.102. The minimum absolute atomic E-state index is 0.102. The van der Waals surface area contributed by atoms with E-state index >= 15 is 0 Å². The lowest BCUT2D eigenvalue weighted by Crippen LogP contribution is -2.55. The summed E-state index contributed by atoms with van der Waals surface area (Å²) in [7, 11) is 0. The molecule has 2 aliphatic heterocycles. The zero-order valence-electron chi connectivity index (χ0n) is 15.5. The van der Waals surface area contributed by atoms with Crippen molar-refractivity contribution in [2.45, 2.75) is 37.3 Å². The van der Waals surface area contributed by atoms with Crippen molar-refractivity contribution < 1.29 is 9.90 Å². The van der Waals surface area contributed by atoms with Crippen molar-refractivity contribution >= 4 is 23.1 Å². The number of fused-ring (bicyclic) bond motifs is 2. The lowest BCUT2D eigenvalue weighted by Gasteiger charge is -2.41. The molecule has 2 heterocycles. The molecule has 142 valence electrons. The van der Waals surface area contributed by atoms with Crippen LogP contribution in [0.15, 0.2) is 48.5 Å². The molecule has 0 radical (unpaired) electrons. The lowest BCUT2D eigenvalue weighted by atomic mass is 9.68. The van der Waals surface area contributed by atoms with Crippen molar-refractivity contribution in [2.75, 3.05) is 24.5 Å². The van der Waals surface area contributed by atoms with Gasteiger partial charge in [-0.2, -0.15) is 0 Å². The zero-order chi connectivity index (χ0) is 19.0. The first-order valence-electron chi connectivity index (χ1n) is 9.58. The van der Waals surface area contributed by atoms with E-state index in [9.17, 15) is 9.90 Å². The lowest BCUT2D eigenvalue weighted by molar-refractivity contribution is 0.0890. The molecule has 0 saturated carbocycles. The Morgan fingerprint density at radius 3 is 2.56 bits per heavy atom. The minimum Gasteiger partial charge on any atom is -0.392 e. The number of ketones is 1. The van der Waals surface area contributed by atoms with Gasteiger partial charge in [-0.1, -0.05) is 29.8 Å². The van der Waals surface area contributed by atoms with Gasteiger partial charge in [-0.25, -0.2) is 0 Å². The second-order valence-corrected chi connectivity index (χ2v) is 8.13. The van der Waals surface area contributed by atoms with Gasteiger partial charge in [0, 0.05) is 28.2 Å². The molecule has 1 spiro atoms. The maximum absolute atomic E-state index is 13.7. The molecule has 4 rings (SSSR count). The normalized spacial score (nSPS) is 21.9. The van der Waals surface area contributed by atoms with Gasteiger partial charge in [-0.15, -0.1) is 0 Å². The highest BCUT2D eigenvalue weighted by molar-refractivity contribution is 6.30. The van der Waals surface area contributed by atoms with Gasteiger partial charge in [0.15, 0.2) is 5.78 Å². The van der Waals surface area contributed by atoms with Crippen LogP contribution in [0, 0.1) is 0 Å². The van der Waals surface area contributed by atoms with E-state index in [1.807, 2.05) is 18.2 Å². The third-order valence-corrected chi connectivity index (χ3v) is 6.17. The molecular formula is C22H25ClN2O2. The molecule has 2 atom stereocenters. The van der Waals surface area contributed by atoms with Gasteiger partial charge < -0.3 is 15.3 Å². The van der Waals surface area contributed by atoms with Crippen molar-refractivity contribution in [3.05, 3.63) is 64.7 Å². The van der Waals surface area contributed by atoms with Crippen LogP contribution in [-0.4, -0.2) is 42.7 Å². The van der Waals surface area contributed by atoms with E-state index in [4.69, 9.17) is 11.6 Å². The average molecular weight is 385 g/mol.